The molecular weight excluding hydrogens is 364 g/mol. The summed E-state index contributed by atoms with van der Waals surface area (Å²) in [7, 11) is 0. The Bertz CT molecular complexity index is 1120. The summed E-state index contributed by atoms with van der Waals surface area (Å²) in [5.74, 6) is 6.15. The number of hydrogen-bond acceptors (Lipinski definition) is 5. The molecule has 1 fully saturated rings. The summed E-state index contributed by atoms with van der Waals surface area (Å²) >= 11 is 0. The molecule has 7 nitrogen and oxygen atoms in total. The van der Waals surface area contributed by atoms with E-state index < -0.39 is 0 Å². The zero-order valence-corrected chi connectivity index (χ0v) is 15.9. The number of nitriles is 1. The summed E-state index contributed by atoms with van der Waals surface area (Å²) < 4.78 is 0. The SMILES string of the molecule is N#CCC(=O)N1CCC[C@H](Nc2c(C#Cc3ccccn3)cnc3[nH]ccc23)C1. The molecule has 2 N–H and O–H groups in total. The molecule has 1 aliphatic rings. The Morgan fingerprint density at radius 3 is 3.07 bits per heavy atom. The van der Waals surface area contributed by atoms with Gasteiger partial charge in [0.25, 0.3) is 0 Å². The standard InChI is InChI=1S/C22H20N6O/c23-10-8-20(29)28-13-3-5-18(15-28)27-21-16(6-7-17-4-1-2-11-24-17)14-26-22-19(21)9-12-25-22/h1-2,4,9,11-12,14,18H,3,5,8,13,15H2,(H2,25,26,27)/t18-/m0/s1. The number of rotatable bonds is 3. The van der Waals surface area contributed by atoms with Crippen molar-refractivity contribution >= 4 is 22.6 Å². The normalized spacial score (nSPS) is 16.0. The van der Waals surface area contributed by atoms with Gasteiger partial charge in [0.15, 0.2) is 0 Å². The minimum Gasteiger partial charge on any atom is -0.379 e. The summed E-state index contributed by atoms with van der Waals surface area (Å²) in [6.07, 6.45) is 7.07. The number of nitrogens with one attached hydrogen (secondary N) is 2. The van der Waals surface area contributed by atoms with Crippen molar-refractivity contribution in [3.63, 3.8) is 0 Å². The highest BCUT2D eigenvalue weighted by molar-refractivity contribution is 5.92. The minimum absolute atomic E-state index is 0.0785. The number of pyridine rings is 2. The predicted molar refractivity (Wildman–Crippen MR) is 110 cm³/mol. The topological polar surface area (TPSA) is 97.7 Å². The molecule has 1 amide bonds. The molecule has 0 radical (unpaired) electrons. The number of nitrogens with zero attached hydrogens (tertiary/aromatic N) is 4. The second-order valence-corrected chi connectivity index (χ2v) is 6.91. The highest BCUT2D eigenvalue weighted by Crippen LogP contribution is 2.27. The lowest BCUT2D eigenvalue weighted by molar-refractivity contribution is -0.131. The van der Waals surface area contributed by atoms with Crippen molar-refractivity contribution < 1.29 is 4.79 Å². The van der Waals surface area contributed by atoms with Crippen LogP contribution in [0.25, 0.3) is 11.0 Å². The van der Waals surface area contributed by atoms with E-state index in [1.165, 1.54) is 0 Å². The van der Waals surface area contributed by atoms with Gasteiger partial charge in [0.1, 0.15) is 17.8 Å². The predicted octanol–water partition coefficient (Wildman–Crippen LogP) is 2.67. The van der Waals surface area contributed by atoms with Crippen LogP contribution in [0.2, 0.25) is 0 Å². The van der Waals surface area contributed by atoms with Gasteiger partial charge in [-0.2, -0.15) is 5.26 Å². The van der Waals surface area contributed by atoms with Crippen molar-refractivity contribution in [1.82, 2.24) is 19.9 Å². The maximum atomic E-state index is 12.1. The molecule has 1 atom stereocenters. The number of carbonyl (C=O) groups excluding carboxylic acids is 1. The van der Waals surface area contributed by atoms with E-state index in [9.17, 15) is 4.79 Å². The number of fused-ring (bicyclic) bond motifs is 1. The monoisotopic (exact) mass is 384 g/mol. The summed E-state index contributed by atoms with van der Waals surface area (Å²) in [4.78, 5) is 25.7. The third kappa shape index (κ3) is 4.20. The van der Waals surface area contributed by atoms with Crippen LogP contribution in [0.4, 0.5) is 5.69 Å². The number of carbonyl (C=O) groups is 1. The molecule has 0 saturated carbocycles. The molecule has 0 unspecified atom stereocenters. The van der Waals surface area contributed by atoms with Gasteiger partial charge in [0, 0.05) is 43.1 Å². The van der Waals surface area contributed by atoms with E-state index in [0.717, 1.165) is 35.1 Å². The van der Waals surface area contributed by atoms with Crippen LogP contribution in [0.1, 0.15) is 30.5 Å². The van der Waals surface area contributed by atoms with E-state index in [4.69, 9.17) is 5.26 Å². The van der Waals surface area contributed by atoms with Crippen molar-refractivity contribution in [2.45, 2.75) is 25.3 Å². The Kier molecular flexibility index (Phi) is 5.40. The lowest BCUT2D eigenvalue weighted by atomic mass is 10.0. The minimum atomic E-state index is -0.115. The molecule has 1 saturated heterocycles. The lowest BCUT2D eigenvalue weighted by Gasteiger charge is -2.33. The molecule has 0 aromatic carbocycles. The maximum Gasteiger partial charge on any atom is 0.236 e. The van der Waals surface area contributed by atoms with Crippen LogP contribution in [0, 0.1) is 23.2 Å². The zero-order valence-electron chi connectivity index (χ0n) is 15.9. The quantitative estimate of drug-likeness (QED) is 0.677. The van der Waals surface area contributed by atoms with Gasteiger partial charge in [-0.05, 0) is 37.0 Å². The molecule has 7 heteroatoms. The molecule has 4 heterocycles. The molecule has 144 valence electrons. The second-order valence-electron chi connectivity index (χ2n) is 6.91. The van der Waals surface area contributed by atoms with Crippen LogP contribution in [0.15, 0.2) is 42.9 Å². The van der Waals surface area contributed by atoms with E-state index in [2.05, 4.69) is 32.1 Å². The van der Waals surface area contributed by atoms with Crippen molar-refractivity contribution in [2.75, 3.05) is 18.4 Å². The Morgan fingerprint density at radius 2 is 2.24 bits per heavy atom. The average Bonchev–Trinajstić information content (AvgIpc) is 3.23. The van der Waals surface area contributed by atoms with Crippen LogP contribution in [0.5, 0.6) is 0 Å². The first-order valence-corrected chi connectivity index (χ1v) is 9.55. The molecule has 29 heavy (non-hydrogen) atoms. The van der Waals surface area contributed by atoms with Gasteiger partial charge in [-0.1, -0.05) is 12.0 Å². The summed E-state index contributed by atoms with van der Waals surface area (Å²) in [6, 6.07) is 9.62. The fraction of sp³-hybridized carbons (Fsp3) is 0.273. The first-order chi connectivity index (χ1) is 14.2. The zero-order chi connectivity index (χ0) is 20.1. The Balaban J connectivity index is 1.62. The highest BCUT2D eigenvalue weighted by Gasteiger charge is 2.24. The molecule has 0 spiro atoms. The number of aromatic nitrogens is 3. The van der Waals surface area contributed by atoms with Crippen molar-refractivity contribution in [3.8, 4) is 17.9 Å². The molecule has 1 aliphatic heterocycles. The molecule has 0 bridgehead atoms. The molecular formula is C22H20N6O. The number of piperidine rings is 1. The first kappa shape index (κ1) is 18.5. The van der Waals surface area contributed by atoms with E-state index in [1.807, 2.05) is 36.5 Å². The number of likely N-dealkylation sites (tertiary alicyclic amines) is 1. The van der Waals surface area contributed by atoms with Crippen LogP contribution >= 0.6 is 0 Å². The number of amides is 1. The van der Waals surface area contributed by atoms with Crippen LogP contribution in [0.3, 0.4) is 0 Å². The Morgan fingerprint density at radius 1 is 1.31 bits per heavy atom. The summed E-state index contributed by atoms with van der Waals surface area (Å²) in [6.45, 7) is 1.27. The van der Waals surface area contributed by atoms with Crippen LogP contribution < -0.4 is 5.32 Å². The van der Waals surface area contributed by atoms with E-state index in [0.29, 0.717) is 18.8 Å². The van der Waals surface area contributed by atoms with Gasteiger partial charge >= 0.3 is 0 Å². The largest absolute Gasteiger partial charge is 0.379 e. The molecule has 4 rings (SSSR count). The number of hydrogen-bond donors (Lipinski definition) is 2. The number of aromatic amines is 1. The van der Waals surface area contributed by atoms with E-state index >= 15 is 0 Å². The van der Waals surface area contributed by atoms with Crippen LogP contribution in [-0.2, 0) is 4.79 Å². The van der Waals surface area contributed by atoms with Crippen molar-refractivity contribution in [2.24, 2.45) is 0 Å². The number of H-pyrrole nitrogens is 1. The van der Waals surface area contributed by atoms with Gasteiger partial charge < -0.3 is 15.2 Å². The molecule has 3 aromatic heterocycles. The van der Waals surface area contributed by atoms with E-state index in [-0.39, 0.29) is 18.4 Å². The van der Waals surface area contributed by atoms with Gasteiger partial charge in [0.2, 0.25) is 5.91 Å². The number of anilines is 1. The second kappa shape index (κ2) is 8.45. The maximum absolute atomic E-state index is 12.1. The van der Waals surface area contributed by atoms with Crippen molar-refractivity contribution in [3.05, 3.63) is 54.1 Å². The Labute approximate surface area is 168 Å². The van der Waals surface area contributed by atoms with Gasteiger partial charge in [-0.25, -0.2) is 9.97 Å². The summed E-state index contributed by atoms with van der Waals surface area (Å²) in [5.41, 5.74) is 3.16. The fourth-order valence-electron chi connectivity index (χ4n) is 3.53. The molecule has 3 aromatic rings. The summed E-state index contributed by atoms with van der Waals surface area (Å²) in [5, 5.41) is 13.3. The lowest BCUT2D eigenvalue weighted by Crippen LogP contribution is -2.45. The highest BCUT2D eigenvalue weighted by atomic mass is 16.2. The fourth-order valence-corrected chi connectivity index (χ4v) is 3.53. The van der Waals surface area contributed by atoms with Crippen molar-refractivity contribution in [1.29, 1.82) is 5.26 Å². The first-order valence-electron chi connectivity index (χ1n) is 9.55. The third-order valence-corrected chi connectivity index (χ3v) is 4.93. The van der Waals surface area contributed by atoms with Gasteiger partial charge in [-0.15, -0.1) is 0 Å². The van der Waals surface area contributed by atoms with E-state index in [1.54, 1.807) is 17.3 Å². The van der Waals surface area contributed by atoms with Gasteiger partial charge in [0.05, 0.1) is 17.3 Å². The van der Waals surface area contributed by atoms with Crippen LogP contribution in [-0.4, -0.2) is 44.9 Å². The Hall–Kier alpha value is -3.84. The average molecular weight is 384 g/mol. The smallest absolute Gasteiger partial charge is 0.236 e. The molecule has 0 aliphatic carbocycles. The van der Waals surface area contributed by atoms with Gasteiger partial charge in [-0.3, -0.25) is 4.79 Å². The third-order valence-electron chi connectivity index (χ3n) is 4.93.